The Bertz CT molecular complexity index is 385. The van der Waals surface area contributed by atoms with Crippen LogP contribution >= 0.6 is 0 Å². The van der Waals surface area contributed by atoms with Crippen molar-refractivity contribution in [2.75, 3.05) is 7.11 Å². The summed E-state index contributed by atoms with van der Waals surface area (Å²) in [4.78, 5) is 21.6. The molecule has 1 aromatic carbocycles. The second-order valence-corrected chi connectivity index (χ2v) is 2.80. The van der Waals surface area contributed by atoms with Gasteiger partial charge in [-0.05, 0) is 24.6 Å². The third kappa shape index (κ3) is 1.79. The zero-order chi connectivity index (χ0) is 10.7. The molecular formula is C10H9FO3. The Balaban J connectivity index is 3.30. The summed E-state index contributed by atoms with van der Waals surface area (Å²) in [6.07, 6.45) is 0.571. The highest BCUT2D eigenvalue weighted by molar-refractivity contribution is 5.92. The molecular weight excluding hydrogens is 187 g/mol. The number of hydrogen-bond donors (Lipinski definition) is 0. The Labute approximate surface area is 80.5 Å². The SMILES string of the molecule is COC(=O)c1cc(C=O)c(C)cc1F. The maximum atomic E-state index is 13.2. The molecule has 0 fully saturated rings. The predicted molar refractivity (Wildman–Crippen MR) is 47.9 cm³/mol. The van der Waals surface area contributed by atoms with Crippen molar-refractivity contribution in [3.63, 3.8) is 0 Å². The fraction of sp³-hybridized carbons (Fsp3) is 0.200. The molecule has 0 bridgehead atoms. The molecule has 74 valence electrons. The van der Waals surface area contributed by atoms with Crippen molar-refractivity contribution in [2.45, 2.75) is 6.92 Å². The third-order valence-corrected chi connectivity index (χ3v) is 1.89. The number of rotatable bonds is 2. The zero-order valence-corrected chi connectivity index (χ0v) is 7.83. The molecule has 3 nitrogen and oxygen atoms in total. The standard InChI is InChI=1S/C10H9FO3/c1-6-3-9(11)8(10(13)14-2)4-7(6)5-12/h3-5H,1-2H3. The van der Waals surface area contributed by atoms with E-state index in [1.54, 1.807) is 6.92 Å². The molecule has 4 heteroatoms. The highest BCUT2D eigenvalue weighted by Crippen LogP contribution is 2.14. The van der Waals surface area contributed by atoms with Gasteiger partial charge in [0.25, 0.3) is 0 Å². The highest BCUT2D eigenvalue weighted by Gasteiger charge is 2.14. The van der Waals surface area contributed by atoms with E-state index in [0.29, 0.717) is 11.8 Å². The minimum Gasteiger partial charge on any atom is -0.465 e. The molecule has 0 aliphatic heterocycles. The van der Waals surface area contributed by atoms with Crippen LogP contribution in [-0.4, -0.2) is 19.4 Å². The van der Waals surface area contributed by atoms with Gasteiger partial charge >= 0.3 is 5.97 Å². The van der Waals surface area contributed by atoms with Crippen LogP contribution in [0.3, 0.4) is 0 Å². The largest absolute Gasteiger partial charge is 0.465 e. The molecule has 0 atom stereocenters. The summed E-state index contributed by atoms with van der Waals surface area (Å²) in [6.45, 7) is 1.59. The van der Waals surface area contributed by atoms with E-state index in [0.717, 1.165) is 13.2 Å². The number of hydrogen-bond acceptors (Lipinski definition) is 3. The fourth-order valence-corrected chi connectivity index (χ4v) is 1.08. The van der Waals surface area contributed by atoms with Gasteiger partial charge in [0.15, 0.2) is 0 Å². The lowest BCUT2D eigenvalue weighted by molar-refractivity contribution is 0.0595. The topological polar surface area (TPSA) is 43.4 Å². The predicted octanol–water partition coefficient (Wildman–Crippen LogP) is 1.73. The van der Waals surface area contributed by atoms with Crippen LogP contribution in [0.5, 0.6) is 0 Å². The van der Waals surface area contributed by atoms with E-state index in [9.17, 15) is 14.0 Å². The number of carbonyl (C=O) groups is 2. The number of ether oxygens (including phenoxy) is 1. The second-order valence-electron chi connectivity index (χ2n) is 2.80. The van der Waals surface area contributed by atoms with Gasteiger partial charge < -0.3 is 4.74 Å². The second kappa shape index (κ2) is 4.00. The first-order valence-corrected chi connectivity index (χ1v) is 3.93. The first-order valence-electron chi connectivity index (χ1n) is 3.93. The van der Waals surface area contributed by atoms with E-state index in [4.69, 9.17) is 0 Å². The van der Waals surface area contributed by atoms with Crippen molar-refractivity contribution in [3.8, 4) is 0 Å². The van der Waals surface area contributed by atoms with Crippen molar-refractivity contribution in [1.29, 1.82) is 0 Å². The summed E-state index contributed by atoms with van der Waals surface area (Å²) in [7, 11) is 1.15. The summed E-state index contributed by atoms with van der Waals surface area (Å²) < 4.78 is 17.5. The van der Waals surface area contributed by atoms with Gasteiger partial charge in [-0.1, -0.05) is 0 Å². The first-order chi connectivity index (χ1) is 6.60. The molecule has 0 aromatic heterocycles. The Morgan fingerprint density at radius 1 is 1.50 bits per heavy atom. The molecule has 14 heavy (non-hydrogen) atoms. The average Bonchev–Trinajstić information content (AvgIpc) is 2.17. The minimum atomic E-state index is -0.786. The molecule has 0 saturated carbocycles. The van der Waals surface area contributed by atoms with E-state index in [2.05, 4.69) is 4.74 Å². The van der Waals surface area contributed by atoms with Gasteiger partial charge in [-0.15, -0.1) is 0 Å². The van der Waals surface area contributed by atoms with Crippen molar-refractivity contribution in [1.82, 2.24) is 0 Å². The van der Waals surface area contributed by atoms with E-state index in [1.807, 2.05) is 0 Å². The zero-order valence-electron chi connectivity index (χ0n) is 7.83. The molecule has 0 aliphatic rings. The van der Waals surface area contributed by atoms with Crippen LogP contribution in [0.2, 0.25) is 0 Å². The molecule has 0 unspecified atom stereocenters. The van der Waals surface area contributed by atoms with Crippen LogP contribution in [-0.2, 0) is 4.74 Å². The number of methoxy groups -OCH3 is 1. The third-order valence-electron chi connectivity index (χ3n) is 1.89. The lowest BCUT2D eigenvalue weighted by atomic mass is 10.1. The Morgan fingerprint density at radius 2 is 2.14 bits per heavy atom. The molecule has 0 heterocycles. The maximum absolute atomic E-state index is 13.2. The quantitative estimate of drug-likeness (QED) is 0.534. The summed E-state index contributed by atoms with van der Waals surface area (Å²) in [5.41, 5.74) is 0.553. The molecule has 0 aliphatic carbocycles. The Morgan fingerprint density at radius 3 is 2.64 bits per heavy atom. The van der Waals surface area contributed by atoms with Crippen LogP contribution in [0.1, 0.15) is 26.3 Å². The summed E-state index contributed by atoms with van der Waals surface area (Å²) in [5, 5.41) is 0. The molecule has 0 spiro atoms. The first kappa shape index (κ1) is 10.4. The molecule has 1 aromatic rings. The van der Waals surface area contributed by atoms with Gasteiger partial charge in [0, 0.05) is 5.56 Å². The van der Waals surface area contributed by atoms with Gasteiger partial charge in [-0.2, -0.15) is 0 Å². The average molecular weight is 196 g/mol. The number of halogens is 1. The molecule has 0 N–H and O–H groups in total. The highest BCUT2D eigenvalue weighted by atomic mass is 19.1. The van der Waals surface area contributed by atoms with Gasteiger partial charge in [-0.3, -0.25) is 4.79 Å². The van der Waals surface area contributed by atoms with Crippen LogP contribution in [0, 0.1) is 12.7 Å². The minimum absolute atomic E-state index is 0.222. The Hall–Kier alpha value is -1.71. The number of carbonyl (C=O) groups excluding carboxylic acids is 2. The lowest BCUT2D eigenvalue weighted by Crippen LogP contribution is -2.06. The van der Waals surface area contributed by atoms with Gasteiger partial charge in [0.05, 0.1) is 12.7 Å². The molecule has 0 amide bonds. The number of benzene rings is 1. The van der Waals surface area contributed by atoms with Crippen molar-refractivity contribution in [2.24, 2.45) is 0 Å². The van der Waals surface area contributed by atoms with Crippen molar-refractivity contribution < 1.29 is 18.7 Å². The van der Waals surface area contributed by atoms with Crippen LogP contribution in [0.15, 0.2) is 12.1 Å². The fourth-order valence-electron chi connectivity index (χ4n) is 1.08. The lowest BCUT2D eigenvalue weighted by Gasteiger charge is -2.04. The van der Waals surface area contributed by atoms with Crippen molar-refractivity contribution >= 4 is 12.3 Å². The summed E-state index contributed by atoms with van der Waals surface area (Å²) >= 11 is 0. The van der Waals surface area contributed by atoms with Gasteiger partial charge in [0.2, 0.25) is 0 Å². The number of aldehydes is 1. The summed E-state index contributed by atoms with van der Waals surface area (Å²) in [6, 6.07) is 2.32. The van der Waals surface area contributed by atoms with E-state index in [-0.39, 0.29) is 11.1 Å². The van der Waals surface area contributed by atoms with Crippen LogP contribution < -0.4 is 0 Å². The smallest absolute Gasteiger partial charge is 0.340 e. The van der Waals surface area contributed by atoms with Crippen LogP contribution in [0.4, 0.5) is 4.39 Å². The molecule has 0 radical (unpaired) electrons. The molecule has 0 saturated heterocycles. The van der Waals surface area contributed by atoms with Gasteiger partial charge in [0.1, 0.15) is 12.1 Å². The van der Waals surface area contributed by atoms with Gasteiger partial charge in [-0.25, -0.2) is 9.18 Å². The van der Waals surface area contributed by atoms with E-state index < -0.39 is 11.8 Å². The molecule has 1 rings (SSSR count). The monoisotopic (exact) mass is 196 g/mol. The van der Waals surface area contributed by atoms with E-state index in [1.165, 1.54) is 6.07 Å². The van der Waals surface area contributed by atoms with E-state index >= 15 is 0 Å². The van der Waals surface area contributed by atoms with Crippen molar-refractivity contribution in [3.05, 3.63) is 34.6 Å². The maximum Gasteiger partial charge on any atom is 0.340 e. The Kier molecular flexibility index (Phi) is 2.96. The summed E-state index contributed by atoms with van der Waals surface area (Å²) in [5.74, 6) is -1.47. The number of esters is 1. The number of aryl methyl sites for hydroxylation is 1. The van der Waals surface area contributed by atoms with Crippen LogP contribution in [0.25, 0.3) is 0 Å². The normalized spacial score (nSPS) is 9.64.